The van der Waals surface area contributed by atoms with E-state index in [-0.39, 0.29) is 18.1 Å². The lowest BCUT2D eigenvalue weighted by molar-refractivity contribution is -0.145. The van der Waals surface area contributed by atoms with Gasteiger partial charge in [-0.2, -0.15) is 0 Å². The number of fused-ring (bicyclic) bond motifs is 2. The number of carbonyl (C=O) groups excluding carboxylic acids is 2. The Morgan fingerprint density at radius 1 is 1.12 bits per heavy atom. The molecule has 4 rings (SSSR count). The second-order valence-electron chi connectivity index (χ2n) is 7.40. The fourth-order valence-corrected chi connectivity index (χ4v) is 4.67. The summed E-state index contributed by atoms with van der Waals surface area (Å²) in [6.45, 7) is 1.12. The lowest BCUT2D eigenvalue weighted by Crippen LogP contribution is -2.44. The number of aliphatic hydroxyl groups is 1. The maximum atomic E-state index is 12.5. The van der Waals surface area contributed by atoms with Gasteiger partial charge in [-0.15, -0.1) is 0 Å². The van der Waals surface area contributed by atoms with E-state index in [9.17, 15) is 14.7 Å². The van der Waals surface area contributed by atoms with E-state index in [1.54, 1.807) is 4.90 Å². The molecule has 1 aliphatic heterocycles. The predicted octanol–water partition coefficient (Wildman–Crippen LogP) is 1.41. The average Bonchev–Trinajstić information content (AvgIpc) is 3.17. The highest BCUT2D eigenvalue weighted by Crippen LogP contribution is 2.38. The third kappa shape index (κ3) is 2.71. The van der Waals surface area contributed by atoms with Gasteiger partial charge in [-0.1, -0.05) is 24.3 Å². The SMILES string of the molecule is O=C(NC1CCCc2ccccc21)C(=O)N1C[C@H]2CC[C@@H](O)[C@H]2C1. The molecule has 3 aliphatic rings. The highest BCUT2D eigenvalue weighted by molar-refractivity contribution is 6.35. The van der Waals surface area contributed by atoms with Crippen molar-refractivity contribution in [2.45, 2.75) is 44.2 Å². The minimum absolute atomic E-state index is 0.0703. The van der Waals surface area contributed by atoms with Crippen LogP contribution in [0.25, 0.3) is 0 Å². The summed E-state index contributed by atoms with van der Waals surface area (Å²) < 4.78 is 0. The molecule has 1 heterocycles. The van der Waals surface area contributed by atoms with Crippen LogP contribution in [-0.2, 0) is 16.0 Å². The summed E-state index contributed by atoms with van der Waals surface area (Å²) in [7, 11) is 0. The topological polar surface area (TPSA) is 69.6 Å². The molecule has 5 nitrogen and oxygen atoms in total. The Balaban J connectivity index is 1.41. The Hall–Kier alpha value is -1.88. The second kappa shape index (κ2) is 6.20. The molecule has 0 spiro atoms. The zero-order chi connectivity index (χ0) is 16.7. The Morgan fingerprint density at radius 3 is 2.79 bits per heavy atom. The van der Waals surface area contributed by atoms with Crippen LogP contribution >= 0.6 is 0 Å². The third-order valence-corrected chi connectivity index (χ3v) is 5.98. The molecule has 24 heavy (non-hydrogen) atoms. The number of hydrogen-bond acceptors (Lipinski definition) is 3. The molecule has 1 aromatic carbocycles. The van der Waals surface area contributed by atoms with Crippen molar-refractivity contribution in [3.8, 4) is 0 Å². The number of aryl methyl sites for hydroxylation is 1. The molecule has 0 bridgehead atoms. The monoisotopic (exact) mass is 328 g/mol. The van der Waals surface area contributed by atoms with E-state index in [1.807, 2.05) is 18.2 Å². The van der Waals surface area contributed by atoms with Crippen molar-refractivity contribution in [3.63, 3.8) is 0 Å². The van der Waals surface area contributed by atoms with Gasteiger partial charge in [0.2, 0.25) is 0 Å². The normalized spacial score (nSPS) is 31.5. The number of amides is 2. The molecule has 0 radical (unpaired) electrons. The summed E-state index contributed by atoms with van der Waals surface area (Å²) in [5.41, 5.74) is 2.40. The molecular weight excluding hydrogens is 304 g/mol. The number of nitrogens with zero attached hydrogens (tertiary/aromatic N) is 1. The van der Waals surface area contributed by atoms with Crippen LogP contribution in [0, 0.1) is 11.8 Å². The summed E-state index contributed by atoms with van der Waals surface area (Å²) in [6.07, 6.45) is 4.39. The molecule has 0 aromatic heterocycles. The maximum absolute atomic E-state index is 12.5. The molecule has 1 unspecified atom stereocenters. The van der Waals surface area contributed by atoms with E-state index < -0.39 is 11.8 Å². The van der Waals surface area contributed by atoms with Gasteiger partial charge >= 0.3 is 11.8 Å². The molecule has 1 saturated carbocycles. The summed E-state index contributed by atoms with van der Waals surface area (Å²) in [6, 6.07) is 8.06. The van der Waals surface area contributed by atoms with E-state index >= 15 is 0 Å². The van der Waals surface area contributed by atoms with Crippen LogP contribution in [0.1, 0.15) is 42.9 Å². The predicted molar refractivity (Wildman–Crippen MR) is 89.1 cm³/mol. The van der Waals surface area contributed by atoms with E-state index in [0.29, 0.717) is 19.0 Å². The van der Waals surface area contributed by atoms with Crippen molar-refractivity contribution in [1.29, 1.82) is 0 Å². The van der Waals surface area contributed by atoms with Gasteiger partial charge in [0.1, 0.15) is 0 Å². The number of nitrogens with one attached hydrogen (secondary N) is 1. The van der Waals surface area contributed by atoms with Crippen molar-refractivity contribution in [1.82, 2.24) is 10.2 Å². The first-order valence-electron chi connectivity index (χ1n) is 8.99. The molecule has 2 N–H and O–H groups in total. The van der Waals surface area contributed by atoms with Crippen LogP contribution in [-0.4, -0.2) is 41.0 Å². The highest BCUT2D eigenvalue weighted by atomic mass is 16.3. The lowest BCUT2D eigenvalue weighted by Gasteiger charge is -2.27. The van der Waals surface area contributed by atoms with Crippen LogP contribution in [0.15, 0.2) is 24.3 Å². The van der Waals surface area contributed by atoms with Crippen LogP contribution < -0.4 is 5.32 Å². The fraction of sp³-hybridized carbons (Fsp3) is 0.579. The van der Waals surface area contributed by atoms with Gasteiger partial charge in [0.05, 0.1) is 12.1 Å². The largest absolute Gasteiger partial charge is 0.393 e. The summed E-state index contributed by atoms with van der Waals surface area (Å²) >= 11 is 0. The zero-order valence-corrected chi connectivity index (χ0v) is 13.8. The Bertz CT molecular complexity index is 660. The van der Waals surface area contributed by atoms with Crippen molar-refractivity contribution in [2.24, 2.45) is 11.8 Å². The molecule has 1 aromatic rings. The maximum Gasteiger partial charge on any atom is 0.311 e. The van der Waals surface area contributed by atoms with Gasteiger partial charge in [0.25, 0.3) is 0 Å². The van der Waals surface area contributed by atoms with Crippen molar-refractivity contribution in [2.75, 3.05) is 13.1 Å². The van der Waals surface area contributed by atoms with Crippen molar-refractivity contribution in [3.05, 3.63) is 35.4 Å². The number of benzene rings is 1. The average molecular weight is 328 g/mol. The molecule has 2 fully saturated rings. The van der Waals surface area contributed by atoms with Crippen molar-refractivity contribution >= 4 is 11.8 Å². The quantitative estimate of drug-likeness (QED) is 0.766. The van der Waals surface area contributed by atoms with Gasteiger partial charge in [-0.05, 0) is 49.1 Å². The van der Waals surface area contributed by atoms with Gasteiger partial charge in [-0.3, -0.25) is 9.59 Å². The van der Waals surface area contributed by atoms with E-state index in [2.05, 4.69) is 11.4 Å². The third-order valence-electron chi connectivity index (χ3n) is 5.98. The van der Waals surface area contributed by atoms with Crippen LogP contribution in [0.3, 0.4) is 0 Å². The molecule has 2 amide bonds. The second-order valence-corrected chi connectivity index (χ2v) is 7.40. The molecule has 4 atom stereocenters. The first-order chi connectivity index (χ1) is 11.6. The molecule has 128 valence electrons. The summed E-state index contributed by atoms with van der Waals surface area (Å²) in [4.78, 5) is 26.6. The Labute approximate surface area is 142 Å². The molecule has 2 aliphatic carbocycles. The summed E-state index contributed by atoms with van der Waals surface area (Å²) in [5.74, 6) is -0.449. The fourth-order valence-electron chi connectivity index (χ4n) is 4.67. The standard InChI is InChI=1S/C19H24N2O3/c22-17-9-8-13-10-21(11-15(13)17)19(24)18(23)20-16-7-3-5-12-4-1-2-6-14(12)16/h1-2,4,6,13,15-17,22H,3,5,7-11H2,(H,20,23)/t13-,15+,16?,17-/m1/s1. The molecular formula is C19H24N2O3. The first kappa shape index (κ1) is 15.6. The van der Waals surface area contributed by atoms with E-state index in [0.717, 1.165) is 37.7 Å². The smallest absolute Gasteiger partial charge is 0.311 e. The molecule has 1 saturated heterocycles. The van der Waals surface area contributed by atoms with Gasteiger partial charge in [0.15, 0.2) is 0 Å². The lowest BCUT2D eigenvalue weighted by atomic mass is 9.88. The minimum Gasteiger partial charge on any atom is -0.393 e. The van der Waals surface area contributed by atoms with Gasteiger partial charge < -0.3 is 15.3 Å². The number of aliphatic hydroxyl groups excluding tert-OH is 1. The van der Waals surface area contributed by atoms with Crippen LogP contribution in [0.2, 0.25) is 0 Å². The number of rotatable bonds is 1. The van der Waals surface area contributed by atoms with Crippen molar-refractivity contribution < 1.29 is 14.7 Å². The van der Waals surface area contributed by atoms with Crippen LogP contribution in [0.4, 0.5) is 0 Å². The van der Waals surface area contributed by atoms with Gasteiger partial charge in [0, 0.05) is 19.0 Å². The number of likely N-dealkylation sites (tertiary alicyclic amines) is 1. The zero-order valence-electron chi connectivity index (χ0n) is 13.8. The number of hydrogen-bond donors (Lipinski definition) is 2. The number of carbonyl (C=O) groups is 2. The first-order valence-corrected chi connectivity index (χ1v) is 8.99. The highest BCUT2D eigenvalue weighted by Gasteiger charge is 2.44. The Morgan fingerprint density at radius 2 is 1.96 bits per heavy atom. The summed E-state index contributed by atoms with van der Waals surface area (Å²) in [5, 5.41) is 12.9. The Kier molecular flexibility index (Phi) is 4.04. The van der Waals surface area contributed by atoms with E-state index in [4.69, 9.17) is 0 Å². The van der Waals surface area contributed by atoms with E-state index in [1.165, 1.54) is 5.56 Å². The molecule has 5 heteroatoms. The van der Waals surface area contributed by atoms with Crippen LogP contribution in [0.5, 0.6) is 0 Å². The minimum atomic E-state index is -0.508. The van der Waals surface area contributed by atoms with Gasteiger partial charge in [-0.25, -0.2) is 0 Å².